The minimum atomic E-state index is 0.706. The summed E-state index contributed by atoms with van der Waals surface area (Å²) in [5.41, 5.74) is 4.98. The average molecular weight is 278 g/mol. The van der Waals surface area contributed by atoms with E-state index >= 15 is 0 Å². The number of hydrogen-bond acceptors (Lipinski definition) is 6. The van der Waals surface area contributed by atoms with E-state index in [1.165, 1.54) is 0 Å². The first-order chi connectivity index (χ1) is 9.22. The minimum Gasteiger partial charge on any atom is -0.383 e. The van der Waals surface area contributed by atoms with Gasteiger partial charge in [0, 0.05) is 43.3 Å². The van der Waals surface area contributed by atoms with Crippen molar-refractivity contribution in [3.63, 3.8) is 0 Å². The third kappa shape index (κ3) is 3.56. The van der Waals surface area contributed by atoms with Gasteiger partial charge in [-0.05, 0) is 13.8 Å². The van der Waals surface area contributed by atoms with E-state index in [9.17, 15) is 0 Å². The number of thiazole rings is 1. The van der Waals surface area contributed by atoms with Crippen LogP contribution in [0, 0.1) is 13.8 Å². The Labute approximate surface area is 117 Å². The van der Waals surface area contributed by atoms with Crippen molar-refractivity contribution < 1.29 is 4.74 Å². The van der Waals surface area contributed by atoms with E-state index in [-0.39, 0.29) is 0 Å². The second kappa shape index (κ2) is 6.70. The second-order valence-corrected chi connectivity index (χ2v) is 5.12. The quantitative estimate of drug-likeness (QED) is 0.818. The summed E-state index contributed by atoms with van der Waals surface area (Å²) in [6.07, 6.45) is 1.80. The van der Waals surface area contributed by atoms with Gasteiger partial charge in [-0.3, -0.25) is 4.98 Å². The number of ether oxygens (including phenoxy) is 1. The van der Waals surface area contributed by atoms with Crippen LogP contribution in [-0.2, 0) is 11.3 Å². The van der Waals surface area contributed by atoms with E-state index in [1.807, 2.05) is 13.8 Å². The third-order valence-electron chi connectivity index (χ3n) is 2.86. The second-order valence-electron chi connectivity index (χ2n) is 4.23. The molecule has 19 heavy (non-hydrogen) atoms. The molecule has 0 aliphatic rings. The van der Waals surface area contributed by atoms with Gasteiger partial charge in [-0.25, -0.2) is 9.97 Å². The highest BCUT2D eigenvalue weighted by molar-refractivity contribution is 7.13. The number of nitrogens with one attached hydrogen (secondary N) is 1. The van der Waals surface area contributed by atoms with Crippen LogP contribution in [0.2, 0.25) is 0 Å². The smallest absolute Gasteiger partial charge is 0.171 e. The van der Waals surface area contributed by atoms with Gasteiger partial charge >= 0.3 is 0 Å². The highest BCUT2D eigenvalue weighted by Crippen LogP contribution is 2.21. The highest BCUT2D eigenvalue weighted by atomic mass is 32.1. The van der Waals surface area contributed by atoms with Crippen molar-refractivity contribution in [1.29, 1.82) is 0 Å². The molecule has 2 aromatic heterocycles. The molecule has 0 radical (unpaired) electrons. The van der Waals surface area contributed by atoms with Crippen LogP contribution in [0.25, 0.3) is 10.7 Å². The summed E-state index contributed by atoms with van der Waals surface area (Å²) < 4.78 is 5.01. The zero-order valence-electron chi connectivity index (χ0n) is 11.4. The summed E-state index contributed by atoms with van der Waals surface area (Å²) in [6, 6.07) is 0. The first kappa shape index (κ1) is 14.0. The van der Waals surface area contributed by atoms with Crippen molar-refractivity contribution in [3.8, 4) is 10.7 Å². The first-order valence-corrected chi connectivity index (χ1v) is 7.03. The van der Waals surface area contributed by atoms with E-state index in [1.54, 1.807) is 30.2 Å². The average Bonchev–Trinajstić information content (AvgIpc) is 2.90. The van der Waals surface area contributed by atoms with Crippen molar-refractivity contribution in [3.05, 3.63) is 28.7 Å². The van der Waals surface area contributed by atoms with Crippen LogP contribution in [0.3, 0.4) is 0 Å². The molecule has 2 heterocycles. The zero-order chi connectivity index (χ0) is 13.7. The van der Waals surface area contributed by atoms with Crippen LogP contribution < -0.4 is 5.32 Å². The molecule has 6 heteroatoms. The number of hydrogen-bond donors (Lipinski definition) is 1. The van der Waals surface area contributed by atoms with Crippen LogP contribution in [0.15, 0.2) is 11.7 Å². The standard InChI is InChI=1S/C13H18N4OS/c1-9-11(6-14-4-5-18-3)10(2)17-13(16-9)12-7-15-8-19-12/h7-8,14H,4-6H2,1-3H3. The molecule has 102 valence electrons. The van der Waals surface area contributed by atoms with Crippen LogP contribution in [0.5, 0.6) is 0 Å². The molecule has 0 saturated heterocycles. The lowest BCUT2D eigenvalue weighted by Gasteiger charge is -2.11. The number of rotatable bonds is 6. The monoisotopic (exact) mass is 278 g/mol. The first-order valence-electron chi connectivity index (χ1n) is 6.15. The van der Waals surface area contributed by atoms with Crippen molar-refractivity contribution in [2.45, 2.75) is 20.4 Å². The molecule has 2 aromatic rings. The summed E-state index contributed by atoms with van der Waals surface area (Å²) in [5.74, 6) is 0.762. The normalized spacial score (nSPS) is 10.9. The maximum atomic E-state index is 5.01. The summed E-state index contributed by atoms with van der Waals surface area (Å²) in [6.45, 7) is 6.34. The van der Waals surface area contributed by atoms with Gasteiger partial charge in [0.1, 0.15) is 0 Å². The Kier molecular flexibility index (Phi) is 4.95. The Morgan fingerprint density at radius 1 is 1.26 bits per heavy atom. The fraction of sp³-hybridized carbons (Fsp3) is 0.462. The molecule has 0 aliphatic carbocycles. The number of aryl methyl sites for hydroxylation is 2. The lowest BCUT2D eigenvalue weighted by molar-refractivity contribution is 0.199. The fourth-order valence-electron chi connectivity index (χ4n) is 1.82. The maximum Gasteiger partial charge on any atom is 0.171 e. The third-order valence-corrected chi connectivity index (χ3v) is 3.63. The highest BCUT2D eigenvalue weighted by Gasteiger charge is 2.10. The Balaban J connectivity index is 2.13. The van der Waals surface area contributed by atoms with Crippen molar-refractivity contribution in [2.24, 2.45) is 0 Å². The van der Waals surface area contributed by atoms with Gasteiger partial charge in [-0.2, -0.15) is 0 Å². The lowest BCUT2D eigenvalue weighted by atomic mass is 10.1. The predicted octanol–water partition coefficient (Wildman–Crippen LogP) is 1.95. The number of methoxy groups -OCH3 is 1. The predicted molar refractivity (Wildman–Crippen MR) is 76.2 cm³/mol. The van der Waals surface area contributed by atoms with E-state index < -0.39 is 0 Å². The van der Waals surface area contributed by atoms with Crippen LogP contribution in [-0.4, -0.2) is 35.2 Å². The molecule has 0 aromatic carbocycles. The molecule has 0 aliphatic heterocycles. The molecule has 1 N–H and O–H groups in total. The van der Waals surface area contributed by atoms with Gasteiger partial charge in [0.25, 0.3) is 0 Å². The number of aromatic nitrogens is 3. The summed E-state index contributed by atoms with van der Waals surface area (Å²) in [4.78, 5) is 14.2. The molecule has 0 bridgehead atoms. The SMILES string of the molecule is COCCNCc1c(C)nc(-c2cncs2)nc1C. The molecule has 0 spiro atoms. The zero-order valence-corrected chi connectivity index (χ0v) is 12.3. The lowest BCUT2D eigenvalue weighted by Crippen LogP contribution is -2.20. The van der Waals surface area contributed by atoms with Gasteiger partial charge in [-0.1, -0.05) is 0 Å². The van der Waals surface area contributed by atoms with Gasteiger partial charge < -0.3 is 10.1 Å². The molecule has 0 amide bonds. The van der Waals surface area contributed by atoms with E-state index in [0.29, 0.717) is 6.61 Å². The summed E-state index contributed by atoms with van der Waals surface area (Å²) in [7, 11) is 1.70. The molecule has 0 saturated carbocycles. The molecule has 5 nitrogen and oxygen atoms in total. The summed E-state index contributed by atoms with van der Waals surface area (Å²) >= 11 is 1.56. The molecule has 2 rings (SSSR count). The van der Waals surface area contributed by atoms with Crippen molar-refractivity contribution in [1.82, 2.24) is 20.3 Å². The van der Waals surface area contributed by atoms with Crippen molar-refractivity contribution >= 4 is 11.3 Å². The Morgan fingerprint density at radius 3 is 2.58 bits per heavy atom. The van der Waals surface area contributed by atoms with Crippen LogP contribution in [0.4, 0.5) is 0 Å². The maximum absolute atomic E-state index is 5.01. The molecule has 0 unspecified atom stereocenters. The minimum absolute atomic E-state index is 0.706. The van der Waals surface area contributed by atoms with E-state index in [4.69, 9.17) is 4.74 Å². The summed E-state index contributed by atoms with van der Waals surface area (Å²) in [5, 5.41) is 3.32. The Morgan fingerprint density at radius 2 is 2.00 bits per heavy atom. The van der Waals surface area contributed by atoms with Gasteiger partial charge in [0.15, 0.2) is 5.82 Å². The largest absolute Gasteiger partial charge is 0.383 e. The molecule has 0 fully saturated rings. The van der Waals surface area contributed by atoms with Crippen molar-refractivity contribution in [2.75, 3.05) is 20.3 Å². The van der Waals surface area contributed by atoms with Gasteiger partial charge in [0.2, 0.25) is 0 Å². The number of nitrogens with zero attached hydrogens (tertiary/aromatic N) is 3. The van der Waals surface area contributed by atoms with Crippen LogP contribution >= 0.6 is 11.3 Å². The van der Waals surface area contributed by atoms with Crippen LogP contribution in [0.1, 0.15) is 17.0 Å². The molecular weight excluding hydrogens is 260 g/mol. The fourth-order valence-corrected chi connectivity index (χ4v) is 2.37. The molecule has 0 atom stereocenters. The Hall–Kier alpha value is -1.37. The molecular formula is C13H18N4OS. The van der Waals surface area contributed by atoms with E-state index in [2.05, 4.69) is 20.3 Å². The van der Waals surface area contributed by atoms with Gasteiger partial charge in [-0.15, -0.1) is 11.3 Å². The van der Waals surface area contributed by atoms with E-state index in [0.717, 1.165) is 40.7 Å². The van der Waals surface area contributed by atoms with Gasteiger partial charge in [0.05, 0.1) is 17.0 Å². The Bertz CT molecular complexity index is 504. The topological polar surface area (TPSA) is 59.9 Å².